The van der Waals surface area contributed by atoms with Crippen LogP contribution < -0.4 is 10.1 Å². The third-order valence-electron chi connectivity index (χ3n) is 3.73. The monoisotopic (exact) mass is 332 g/mol. The highest BCUT2D eigenvalue weighted by molar-refractivity contribution is 7.13. The number of fused-ring (bicyclic) bond motifs is 1. The van der Waals surface area contributed by atoms with Crippen LogP contribution in [-0.2, 0) is 24.3 Å². The first-order valence-electron chi connectivity index (χ1n) is 7.71. The van der Waals surface area contributed by atoms with E-state index in [4.69, 9.17) is 4.74 Å². The molecule has 0 spiro atoms. The van der Waals surface area contributed by atoms with Gasteiger partial charge in [-0.1, -0.05) is 23.5 Å². The van der Waals surface area contributed by atoms with Crippen LogP contribution in [0.15, 0.2) is 18.2 Å². The highest BCUT2D eigenvalue weighted by atomic mass is 32.1. The summed E-state index contributed by atoms with van der Waals surface area (Å²) in [4.78, 5) is 13.7. The molecule has 0 unspecified atom stereocenters. The molecule has 3 rings (SSSR count). The van der Waals surface area contributed by atoms with E-state index in [1.165, 1.54) is 22.5 Å². The molecule has 1 aliphatic rings. The maximum atomic E-state index is 11.3. The van der Waals surface area contributed by atoms with Gasteiger partial charge < -0.3 is 10.1 Å². The summed E-state index contributed by atoms with van der Waals surface area (Å²) in [6, 6.07) is 6.08. The lowest BCUT2D eigenvalue weighted by Crippen LogP contribution is -2.30. The summed E-state index contributed by atoms with van der Waals surface area (Å²) in [6.07, 6.45) is 0.920. The maximum Gasteiger partial charge on any atom is 0.294 e. The molecule has 7 heteroatoms. The number of hydrogen-bond donors (Lipinski definition) is 1. The van der Waals surface area contributed by atoms with Crippen molar-refractivity contribution in [1.29, 1.82) is 0 Å². The summed E-state index contributed by atoms with van der Waals surface area (Å²) in [6.45, 7) is 6.65. The summed E-state index contributed by atoms with van der Waals surface area (Å²) in [5.41, 5.74) is 3.44. The van der Waals surface area contributed by atoms with Crippen LogP contribution in [0.4, 0.5) is 5.69 Å². The molecule has 0 saturated carbocycles. The van der Waals surface area contributed by atoms with Crippen molar-refractivity contribution >= 4 is 22.9 Å². The standard InChI is InChI=1S/C16H20N4O2S/c1-3-22-16-19-18-15(23-16)10-20-8-7-13-12(9-20)5-4-6-14(13)17-11(2)21/h4-6H,3,7-10H2,1-2H3,(H,17,21). The first-order chi connectivity index (χ1) is 11.2. The SMILES string of the molecule is CCOc1nnc(CN2CCc3c(cccc3NC(C)=O)C2)s1. The fourth-order valence-electron chi connectivity index (χ4n) is 2.78. The number of amides is 1. The Kier molecular flexibility index (Phi) is 4.88. The van der Waals surface area contributed by atoms with Crippen LogP contribution in [0.1, 0.15) is 30.0 Å². The Morgan fingerprint density at radius 3 is 3.09 bits per heavy atom. The van der Waals surface area contributed by atoms with Crippen LogP contribution in [0, 0.1) is 0 Å². The Labute approximate surface area is 139 Å². The van der Waals surface area contributed by atoms with Gasteiger partial charge in [0.25, 0.3) is 5.19 Å². The molecule has 1 amide bonds. The van der Waals surface area contributed by atoms with Crippen molar-refractivity contribution < 1.29 is 9.53 Å². The van der Waals surface area contributed by atoms with E-state index < -0.39 is 0 Å². The molecule has 2 aromatic rings. The minimum atomic E-state index is -0.0295. The smallest absolute Gasteiger partial charge is 0.294 e. The minimum absolute atomic E-state index is 0.0295. The van der Waals surface area contributed by atoms with E-state index in [0.717, 1.165) is 36.8 Å². The molecule has 0 fully saturated rings. The fraction of sp³-hybridized carbons (Fsp3) is 0.438. The summed E-state index contributed by atoms with van der Waals surface area (Å²) < 4.78 is 5.37. The van der Waals surface area contributed by atoms with E-state index >= 15 is 0 Å². The van der Waals surface area contributed by atoms with Crippen molar-refractivity contribution in [3.05, 3.63) is 34.3 Å². The van der Waals surface area contributed by atoms with E-state index in [2.05, 4.69) is 26.5 Å². The molecule has 122 valence electrons. The number of benzene rings is 1. The first kappa shape index (κ1) is 15.9. The molecular weight excluding hydrogens is 312 g/mol. The Hall–Kier alpha value is -1.99. The third kappa shape index (κ3) is 3.86. The van der Waals surface area contributed by atoms with E-state index in [9.17, 15) is 4.79 Å². The van der Waals surface area contributed by atoms with Crippen LogP contribution in [0.25, 0.3) is 0 Å². The molecule has 0 saturated heterocycles. The van der Waals surface area contributed by atoms with Gasteiger partial charge in [0.05, 0.1) is 13.2 Å². The average Bonchev–Trinajstić information content (AvgIpc) is 2.94. The molecule has 0 radical (unpaired) electrons. The van der Waals surface area contributed by atoms with Crippen molar-refractivity contribution in [2.45, 2.75) is 33.4 Å². The summed E-state index contributed by atoms with van der Waals surface area (Å²) in [5, 5.41) is 12.7. The zero-order chi connectivity index (χ0) is 16.2. The number of anilines is 1. The van der Waals surface area contributed by atoms with Crippen molar-refractivity contribution in [2.75, 3.05) is 18.5 Å². The second-order valence-corrected chi connectivity index (χ2v) is 6.50. The third-order valence-corrected chi connectivity index (χ3v) is 4.55. The normalized spacial score (nSPS) is 14.3. The molecule has 1 aromatic carbocycles. The van der Waals surface area contributed by atoms with E-state index in [1.807, 2.05) is 19.1 Å². The molecule has 23 heavy (non-hydrogen) atoms. The number of carbonyl (C=O) groups is 1. The number of carbonyl (C=O) groups excluding carboxylic acids is 1. The number of ether oxygens (including phenoxy) is 1. The van der Waals surface area contributed by atoms with E-state index in [0.29, 0.717) is 11.8 Å². The van der Waals surface area contributed by atoms with Gasteiger partial charge in [0.1, 0.15) is 5.01 Å². The molecule has 0 atom stereocenters. The summed E-state index contributed by atoms with van der Waals surface area (Å²) >= 11 is 1.50. The lowest BCUT2D eigenvalue weighted by atomic mass is 9.97. The van der Waals surface area contributed by atoms with E-state index in [-0.39, 0.29) is 5.91 Å². The van der Waals surface area contributed by atoms with Gasteiger partial charge in [-0.25, -0.2) is 0 Å². The van der Waals surface area contributed by atoms with Crippen LogP contribution in [0.5, 0.6) is 5.19 Å². The van der Waals surface area contributed by atoms with Crippen LogP contribution in [0.2, 0.25) is 0 Å². The molecule has 1 aliphatic heterocycles. The minimum Gasteiger partial charge on any atom is -0.469 e. The molecule has 6 nitrogen and oxygen atoms in total. The predicted molar refractivity (Wildman–Crippen MR) is 89.6 cm³/mol. The zero-order valence-corrected chi connectivity index (χ0v) is 14.2. The van der Waals surface area contributed by atoms with E-state index in [1.54, 1.807) is 6.92 Å². The Bertz CT molecular complexity index is 701. The number of hydrogen-bond acceptors (Lipinski definition) is 6. The van der Waals surface area contributed by atoms with Crippen molar-refractivity contribution in [2.24, 2.45) is 0 Å². The van der Waals surface area contributed by atoms with Gasteiger partial charge in [-0.2, -0.15) is 0 Å². The topological polar surface area (TPSA) is 67.4 Å². The van der Waals surface area contributed by atoms with Crippen LogP contribution in [-0.4, -0.2) is 34.2 Å². The fourth-order valence-corrected chi connectivity index (χ4v) is 3.57. The van der Waals surface area contributed by atoms with Crippen LogP contribution >= 0.6 is 11.3 Å². The number of nitrogens with zero attached hydrogens (tertiary/aromatic N) is 3. The van der Waals surface area contributed by atoms with Crippen LogP contribution in [0.3, 0.4) is 0 Å². The van der Waals surface area contributed by atoms with Crippen molar-refractivity contribution in [3.63, 3.8) is 0 Å². The molecule has 1 aromatic heterocycles. The van der Waals surface area contributed by atoms with Gasteiger partial charge in [-0.3, -0.25) is 9.69 Å². The van der Waals surface area contributed by atoms with Crippen molar-refractivity contribution in [1.82, 2.24) is 15.1 Å². The first-order valence-corrected chi connectivity index (χ1v) is 8.53. The average molecular weight is 332 g/mol. The summed E-state index contributed by atoms with van der Waals surface area (Å²) in [5.74, 6) is -0.0295. The molecule has 0 bridgehead atoms. The number of aromatic nitrogens is 2. The van der Waals surface area contributed by atoms with Gasteiger partial charge in [-0.15, -0.1) is 10.2 Å². The molecule has 1 N–H and O–H groups in total. The quantitative estimate of drug-likeness (QED) is 0.911. The molecule has 0 aliphatic carbocycles. The molecular formula is C16H20N4O2S. The van der Waals surface area contributed by atoms with Gasteiger partial charge in [0, 0.05) is 25.7 Å². The lowest BCUT2D eigenvalue weighted by Gasteiger charge is -2.29. The number of nitrogens with one attached hydrogen (secondary N) is 1. The lowest BCUT2D eigenvalue weighted by molar-refractivity contribution is -0.114. The highest BCUT2D eigenvalue weighted by Gasteiger charge is 2.20. The second-order valence-electron chi connectivity index (χ2n) is 5.48. The second kappa shape index (κ2) is 7.06. The Morgan fingerprint density at radius 2 is 2.30 bits per heavy atom. The van der Waals surface area contributed by atoms with Gasteiger partial charge >= 0.3 is 0 Å². The summed E-state index contributed by atoms with van der Waals surface area (Å²) in [7, 11) is 0. The predicted octanol–water partition coefficient (Wildman–Crippen LogP) is 2.45. The number of rotatable bonds is 5. The van der Waals surface area contributed by atoms with Gasteiger partial charge in [0.15, 0.2) is 0 Å². The Balaban J connectivity index is 1.69. The molecule has 2 heterocycles. The zero-order valence-electron chi connectivity index (χ0n) is 13.3. The Morgan fingerprint density at radius 1 is 1.43 bits per heavy atom. The maximum absolute atomic E-state index is 11.3. The highest BCUT2D eigenvalue weighted by Crippen LogP contribution is 2.28. The van der Waals surface area contributed by atoms with Gasteiger partial charge in [-0.05, 0) is 30.5 Å². The largest absolute Gasteiger partial charge is 0.469 e. The van der Waals surface area contributed by atoms with Crippen molar-refractivity contribution in [3.8, 4) is 5.19 Å². The van der Waals surface area contributed by atoms with Gasteiger partial charge in [0.2, 0.25) is 5.91 Å².